The second kappa shape index (κ2) is 8.01. The zero-order chi connectivity index (χ0) is 17.7. The van der Waals surface area contributed by atoms with Crippen molar-refractivity contribution in [1.82, 2.24) is 10.2 Å². The highest BCUT2D eigenvalue weighted by molar-refractivity contribution is 6.01. The van der Waals surface area contributed by atoms with E-state index in [1.165, 1.54) is 0 Å². The predicted octanol–water partition coefficient (Wildman–Crippen LogP) is 0.877. The number of hydrogen-bond donors (Lipinski definition) is 1. The van der Waals surface area contributed by atoms with Crippen LogP contribution in [-0.4, -0.2) is 64.2 Å². The number of hydrogen-bond acceptors (Lipinski definition) is 5. The van der Waals surface area contributed by atoms with Crippen LogP contribution in [0.1, 0.15) is 12.8 Å². The van der Waals surface area contributed by atoms with Crippen molar-refractivity contribution >= 4 is 17.5 Å². The van der Waals surface area contributed by atoms with Crippen LogP contribution < -0.4 is 19.7 Å². The smallest absolute Gasteiger partial charge is 0.249 e. The highest BCUT2D eigenvalue weighted by Gasteiger charge is 2.37. The van der Waals surface area contributed by atoms with E-state index < -0.39 is 6.04 Å². The van der Waals surface area contributed by atoms with Crippen molar-refractivity contribution in [3.05, 3.63) is 18.2 Å². The molecule has 7 nitrogen and oxygen atoms in total. The molecule has 0 aliphatic carbocycles. The fourth-order valence-corrected chi connectivity index (χ4v) is 2.81. The molecule has 7 heteroatoms. The highest BCUT2D eigenvalue weighted by atomic mass is 16.5. The van der Waals surface area contributed by atoms with Crippen LogP contribution in [-0.2, 0) is 9.59 Å². The second-order valence-electron chi connectivity index (χ2n) is 5.72. The molecule has 1 atom stereocenters. The topological polar surface area (TPSA) is 71.1 Å². The Hall–Kier alpha value is -2.28. The van der Waals surface area contributed by atoms with Crippen LogP contribution in [0.3, 0.4) is 0 Å². The van der Waals surface area contributed by atoms with Gasteiger partial charge in [0.2, 0.25) is 11.8 Å². The summed E-state index contributed by atoms with van der Waals surface area (Å²) in [4.78, 5) is 28.1. The van der Waals surface area contributed by atoms with E-state index in [0.29, 0.717) is 37.4 Å². The third kappa shape index (κ3) is 3.79. The maximum atomic E-state index is 12.8. The number of ether oxygens (including phenoxy) is 2. The van der Waals surface area contributed by atoms with E-state index >= 15 is 0 Å². The van der Waals surface area contributed by atoms with Gasteiger partial charge in [-0.25, -0.2) is 0 Å². The Morgan fingerprint density at radius 1 is 1.29 bits per heavy atom. The van der Waals surface area contributed by atoms with E-state index in [0.717, 1.165) is 5.69 Å². The third-order valence-corrected chi connectivity index (χ3v) is 4.27. The summed E-state index contributed by atoms with van der Waals surface area (Å²) in [6, 6.07) is 4.93. The maximum Gasteiger partial charge on any atom is 0.249 e. The van der Waals surface area contributed by atoms with E-state index in [9.17, 15) is 9.59 Å². The maximum absolute atomic E-state index is 12.8. The Morgan fingerprint density at radius 3 is 2.46 bits per heavy atom. The summed E-state index contributed by atoms with van der Waals surface area (Å²) < 4.78 is 10.5. The van der Waals surface area contributed by atoms with Gasteiger partial charge in [-0.15, -0.1) is 0 Å². The Morgan fingerprint density at radius 2 is 1.92 bits per heavy atom. The van der Waals surface area contributed by atoms with Gasteiger partial charge in [0.15, 0.2) is 0 Å². The first kappa shape index (κ1) is 18.1. The van der Waals surface area contributed by atoms with Gasteiger partial charge in [0.1, 0.15) is 17.5 Å². The summed E-state index contributed by atoms with van der Waals surface area (Å²) in [6.07, 6.45) is 0.990. The second-order valence-corrected chi connectivity index (χ2v) is 5.72. The van der Waals surface area contributed by atoms with Gasteiger partial charge >= 0.3 is 0 Å². The van der Waals surface area contributed by atoms with E-state index in [1.54, 1.807) is 56.3 Å². The van der Waals surface area contributed by atoms with Crippen molar-refractivity contribution in [2.75, 3.05) is 46.3 Å². The fourth-order valence-electron chi connectivity index (χ4n) is 2.81. The van der Waals surface area contributed by atoms with E-state index in [2.05, 4.69) is 5.32 Å². The lowest BCUT2D eigenvalue weighted by Crippen LogP contribution is -2.43. The zero-order valence-corrected chi connectivity index (χ0v) is 14.7. The monoisotopic (exact) mass is 335 g/mol. The number of nitrogens with one attached hydrogen (secondary N) is 1. The van der Waals surface area contributed by atoms with E-state index in [-0.39, 0.29) is 11.8 Å². The third-order valence-electron chi connectivity index (χ3n) is 4.27. The molecule has 0 spiro atoms. The molecule has 24 heavy (non-hydrogen) atoms. The Labute approximate surface area is 142 Å². The summed E-state index contributed by atoms with van der Waals surface area (Å²) in [6.45, 7) is 1.16. The minimum atomic E-state index is -0.424. The van der Waals surface area contributed by atoms with Crippen LogP contribution in [0.15, 0.2) is 18.2 Å². The van der Waals surface area contributed by atoms with Gasteiger partial charge in [-0.1, -0.05) is 0 Å². The SMILES string of the molecule is CNCCC(=O)N(C)C1CCN(c2cc(OC)cc(OC)c2)C1=O. The van der Waals surface area contributed by atoms with Crippen molar-refractivity contribution < 1.29 is 19.1 Å². The minimum absolute atomic E-state index is 0.0345. The highest BCUT2D eigenvalue weighted by Crippen LogP contribution is 2.31. The van der Waals surface area contributed by atoms with Gasteiger partial charge in [0, 0.05) is 44.8 Å². The van der Waals surface area contributed by atoms with Crippen molar-refractivity contribution in [3.63, 3.8) is 0 Å². The number of carbonyl (C=O) groups excluding carboxylic acids is 2. The van der Waals surface area contributed by atoms with Crippen molar-refractivity contribution in [2.45, 2.75) is 18.9 Å². The molecule has 1 unspecified atom stereocenters. The van der Waals surface area contributed by atoms with Gasteiger partial charge in [0.25, 0.3) is 0 Å². The molecule has 1 aromatic rings. The van der Waals surface area contributed by atoms with E-state index in [1.807, 2.05) is 0 Å². The Balaban J connectivity index is 2.15. The number of methoxy groups -OCH3 is 2. The molecule has 1 N–H and O–H groups in total. The van der Waals surface area contributed by atoms with Gasteiger partial charge < -0.3 is 24.6 Å². The van der Waals surface area contributed by atoms with Gasteiger partial charge in [-0.2, -0.15) is 0 Å². The molecule has 1 fully saturated rings. The Kier molecular flexibility index (Phi) is 6.03. The largest absolute Gasteiger partial charge is 0.497 e. The first-order chi connectivity index (χ1) is 11.5. The number of likely N-dealkylation sites (N-methyl/N-ethyl adjacent to an activating group) is 1. The van der Waals surface area contributed by atoms with Gasteiger partial charge in [-0.3, -0.25) is 9.59 Å². The summed E-state index contributed by atoms with van der Waals surface area (Å²) >= 11 is 0. The first-order valence-electron chi connectivity index (χ1n) is 7.96. The number of benzene rings is 1. The van der Waals surface area contributed by atoms with Crippen LogP contribution in [0.2, 0.25) is 0 Å². The lowest BCUT2D eigenvalue weighted by atomic mass is 10.2. The van der Waals surface area contributed by atoms with Crippen molar-refractivity contribution in [1.29, 1.82) is 0 Å². The van der Waals surface area contributed by atoms with Crippen LogP contribution in [0, 0.1) is 0 Å². The summed E-state index contributed by atoms with van der Waals surface area (Å²) in [5.41, 5.74) is 0.717. The molecular formula is C17H25N3O4. The molecule has 0 aromatic heterocycles. The molecule has 1 aliphatic rings. The number of carbonyl (C=O) groups is 2. The lowest BCUT2D eigenvalue weighted by Gasteiger charge is -2.24. The lowest BCUT2D eigenvalue weighted by molar-refractivity contribution is -0.136. The molecule has 1 aliphatic heterocycles. The van der Waals surface area contributed by atoms with Crippen LogP contribution in [0.25, 0.3) is 0 Å². The molecular weight excluding hydrogens is 310 g/mol. The molecule has 1 saturated heterocycles. The van der Waals surface area contributed by atoms with Crippen LogP contribution in [0.5, 0.6) is 11.5 Å². The number of anilines is 1. The minimum Gasteiger partial charge on any atom is -0.497 e. The van der Waals surface area contributed by atoms with Crippen LogP contribution in [0.4, 0.5) is 5.69 Å². The van der Waals surface area contributed by atoms with Gasteiger partial charge in [0.05, 0.1) is 19.9 Å². The Bertz CT molecular complexity index is 583. The van der Waals surface area contributed by atoms with E-state index in [4.69, 9.17) is 9.47 Å². The molecule has 2 amide bonds. The number of amides is 2. The molecule has 1 aromatic carbocycles. The van der Waals surface area contributed by atoms with Crippen LogP contribution >= 0.6 is 0 Å². The zero-order valence-electron chi connectivity index (χ0n) is 14.7. The normalized spacial score (nSPS) is 17.1. The molecule has 132 valence electrons. The first-order valence-corrected chi connectivity index (χ1v) is 7.96. The summed E-state index contributed by atoms with van der Waals surface area (Å²) in [7, 11) is 6.63. The molecule has 2 rings (SSSR count). The molecule has 0 saturated carbocycles. The predicted molar refractivity (Wildman–Crippen MR) is 91.6 cm³/mol. The fraction of sp³-hybridized carbons (Fsp3) is 0.529. The van der Waals surface area contributed by atoms with Gasteiger partial charge in [-0.05, 0) is 13.5 Å². The molecule has 0 radical (unpaired) electrons. The average Bonchev–Trinajstić information content (AvgIpc) is 2.99. The quantitative estimate of drug-likeness (QED) is 0.801. The standard InChI is InChI=1S/C17H25N3O4/c1-18-7-5-16(21)19(2)15-6-8-20(17(15)22)12-9-13(23-3)11-14(10-12)24-4/h9-11,15,18H,5-8H2,1-4H3. The summed E-state index contributed by atoms with van der Waals surface area (Å²) in [5.74, 6) is 1.14. The van der Waals surface area contributed by atoms with Crippen molar-refractivity contribution in [3.8, 4) is 11.5 Å². The summed E-state index contributed by atoms with van der Waals surface area (Å²) in [5, 5.41) is 2.94. The number of rotatable bonds is 7. The number of nitrogens with zero attached hydrogens (tertiary/aromatic N) is 2. The van der Waals surface area contributed by atoms with Crippen molar-refractivity contribution in [2.24, 2.45) is 0 Å². The molecule has 1 heterocycles. The average molecular weight is 335 g/mol. The molecule has 0 bridgehead atoms.